The van der Waals surface area contributed by atoms with E-state index in [-0.39, 0.29) is 23.2 Å². The summed E-state index contributed by atoms with van der Waals surface area (Å²) in [5.41, 5.74) is 2.90. The SMILES string of the molecule is Cc1ccc(Cn2nc(C)c(C(=O)OCC(=O)N3CCCC3)c2Cl)cc1. The number of aromatic nitrogens is 2. The first-order valence-corrected chi connectivity index (χ1v) is 9.07. The molecular weight excluding hydrogens is 354 g/mol. The number of aryl methyl sites for hydroxylation is 2. The first-order valence-electron chi connectivity index (χ1n) is 8.69. The van der Waals surface area contributed by atoms with Crippen LogP contribution in [0.15, 0.2) is 24.3 Å². The Balaban J connectivity index is 1.67. The maximum atomic E-state index is 12.4. The van der Waals surface area contributed by atoms with Crippen molar-refractivity contribution in [2.45, 2.75) is 33.2 Å². The molecule has 0 spiro atoms. The molecule has 0 aliphatic carbocycles. The second kappa shape index (κ2) is 7.91. The van der Waals surface area contributed by atoms with Gasteiger partial charge in [-0.3, -0.25) is 4.79 Å². The van der Waals surface area contributed by atoms with Crippen LogP contribution < -0.4 is 0 Å². The fourth-order valence-electron chi connectivity index (χ4n) is 3.01. The van der Waals surface area contributed by atoms with Crippen LogP contribution in [0.3, 0.4) is 0 Å². The minimum atomic E-state index is -0.616. The van der Waals surface area contributed by atoms with Crippen molar-refractivity contribution in [3.63, 3.8) is 0 Å². The van der Waals surface area contributed by atoms with E-state index >= 15 is 0 Å². The van der Waals surface area contributed by atoms with Gasteiger partial charge in [0.2, 0.25) is 0 Å². The average molecular weight is 376 g/mol. The summed E-state index contributed by atoms with van der Waals surface area (Å²) in [7, 11) is 0. The Hall–Kier alpha value is -2.34. The lowest BCUT2D eigenvalue weighted by molar-refractivity contribution is -0.133. The van der Waals surface area contributed by atoms with Gasteiger partial charge in [0, 0.05) is 13.1 Å². The highest BCUT2D eigenvalue weighted by Crippen LogP contribution is 2.22. The van der Waals surface area contributed by atoms with Crippen LogP contribution >= 0.6 is 11.6 Å². The van der Waals surface area contributed by atoms with Crippen molar-refractivity contribution < 1.29 is 14.3 Å². The fraction of sp³-hybridized carbons (Fsp3) is 0.421. The molecule has 138 valence electrons. The first kappa shape index (κ1) is 18.5. The Morgan fingerprint density at radius 2 is 1.81 bits per heavy atom. The third-order valence-electron chi connectivity index (χ3n) is 4.51. The molecule has 0 saturated carbocycles. The zero-order valence-corrected chi connectivity index (χ0v) is 15.8. The zero-order valence-electron chi connectivity index (χ0n) is 15.0. The van der Waals surface area contributed by atoms with Gasteiger partial charge in [-0.05, 0) is 32.3 Å². The van der Waals surface area contributed by atoms with E-state index in [2.05, 4.69) is 5.10 Å². The Labute approximate surface area is 157 Å². The molecule has 0 unspecified atom stereocenters. The second-order valence-electron chi connectivity index (χ2n) is 6.56. The maximum absolute atomic E-state index is 12.4. The maximum Gasteiger partial charge on any atom is 0.343 e. The van der Waals surface area contributed by atoms with Crippen molar-refractivity contribution in [3.8, 4) is 0 Å². The highest BCUT2D eigenvalue weighted by atomic mass is 35.5. The summed E-state index contributed by atoms with van der Waals surface area (Å²) in [5, 5.41) is 4.57. The number of ether oxygens (including phenoxy) is 1. The quantitative estimate of drug-likeness (QED) is 0.753. The number of halogens is 1. The molecular formula is C19H22ClN3O3. The van der Waals surface area contributed by atoms with Gasteiger partial charge in [0.25, 0.3) is 5.91 Å². The number of nitrogens with zero attached hydrogens (tertiary/aromatic N) is 3. The first-order chi connectivity index (χ1) is 12.5. The van der Waals surface area contributed by atoms with E-state index in [4.69, 9.17) is 16.3 Å². The van der Waals surface area contributed by atoms with E-state index in [1.165, 1.54) is 5.56 Å². The molecule has 1 fully saturated rings. The summed E-state index contributed by atoms with van der Waals surface area (Å²) in [6, 6.07) is 8.02. The molecule has 1 saturated heterocycles. The number of likely N-dealkylation sites (tertiary alicyclic amines) is 1. The Kier molecular flexibility index (Phi) is 5.61. The van der Waals surface area contributed by atoms with Crippen molar-refractivity contribution >= 4 is 23.5 Å². The van der Waals surface area contributed by atoms with Crippen molar-refractivity contribution in [1.29, 1.82) is 0 Å². The molecule has 6 nitrogen and oxygen atoms in total. The molecule has 3 rings (SSSR count). The number of carbonyl (C=O) groups is 2. The standard InChI is InChI=1S/C19H22ClN3O3/c1-13-5-7-15(8-6-13)11-23-18(20)17(14(2)21-23)19(25)26-12-16(24)22-9-3-4-10-22/h5-8H,3-4,9-12H2,1-2H3. The van der Waals surface area contributed by atoms with Crippen LogP contribution in [0.2, 0.25) is 5.15 Å². The Morgan fingerprint density at radius 1 is 1.15 bits per heavy atom. The van der Waals surface area contributed by atoms with Crippen LogP contribution in [0, 0.1) is 13.8 Å². The molecule has 1 aliphatic heterocycles. The number of esters is 1. The van der Waals surface area contributed by atoms with Gasteiger partial charge in [0.15, 0.2) is 6.61 Å². The normalized spacial score (nSPS) is 13.9. The van der Waals surface area contributed by atoms with Crippen LogP contribution in [-0.2, 0) is 16.1 Å². The predicted octanol–water partition coefficient (Wildman–Crippen LogP) is 2.98. The van der Waals surface area contributed by atoms with E-state index in [1.807, 2.05) is 31.2 Å². The van der Waals surface area contributed by atoms with Crippen LogP contribution in [0.4, 0.5) is 0 Å². The third kappa shape index (κ3) is 4.07. The van der Waals surface area contributed by atoms with Gasteiger partial charge >= 0.3 is 5.97 Å². The van der Waals surface area contributed by atoms with Crippen LogP contribution in [-0.4, -0.2) is 46.3 Å². The van der Waals surface area contributed by atoms with Crippen LogP contribution in [0.5, 0.6) is 0 Å². The van der Waals surface area contributed by atoms with Gasteiger partial charge in [-0.2, -0.15) is 5.10 Å². The third-order valence-corrected chi connectivity index (χ3v) is 4.89. The summed E-state index contributed by atoms with van der Waals surface area (Å²) < 4.78 is 6.75. The van der Waals surface area contributed by atoms with Gasteiger partial charge < -0.3 is 9.64 Å². The number of hydrogen-bond acceptors (Lipinski definition) is 4. The van der Waals surface area contributed by atoms with Crippen molar-refractivity contribution in [2.24, 2.45) is 0 Å². The van der Waals surface area contributed by atoms with Crippen LogP contribution in [0.25, 0.3) is 0 Å². The predicted molar refractivity (Wildman–Crippen MR) is 98.4 cm³/mol. The van der Waals surface area contributed by atoms with Crippen molar-refractivity contribution in [1.82, 2.24) is 14.7 Å². The highest BCUT2D eigenvalue weighted by molar-refractivity contribution is 6.32. The molecule has 7 heteroatoms. The molecule has 1 aromatic heterocycles. The van der Waals surface area contributed by atoms with Gasteiger partial charge in [0.05, 0.1) is 12.2 Å². The van der Waals surface area contributed by atoms with Gasteiger partial charge in [-0.25, -0.2) is 9.48 Å². The lowest BCUT2D eigenvalue weighted by atomic mass is 10.1. The highest BCUT2D eigenvalue weighted by Gasteiger charge is 2.24. The molecule has 2 heterocycles. The largest absolute Gasteiger partial charge is 0.452 e. The molecule has 26 heavy (non-hydrogen) atoms. The number of benzene rings is 1. The van der Waals surface area contributed by atoms with E-state index in [1.54, 1.807) is 16.5 Å². The summed E-state index contributed by atoms with van der Waals surface area (Å²) in [6.07, 6.45) is 1.99. The van der Waals surface area contributed by atoms with E-state index < -0.39 is 5.97 Å². The summed E-state index contributed by atoms with van der Waals surface area (Å²) >= 11 is 6.35. The van der Waals surface area contributed by atoms with Gasteiger partial charge in [-0.1, -0.05) is 41.4 Å². The Morgan fingerprint density at radius 3 is 2.46 bits per heavy atom. The Bertz CT molecular complexity index is 808. The summed E-state index contributed by atoms with van der Waals surface area (Å²) in [5.74, 6) is -0.785. The molecule has 0 bridgehead atoms. The molecule has 0 radical (unpaired) electrons. The minimum absolute atomic E-state index is 0.170. The average Bonchev–Trinajstić information content (AvgIpc) is 3.24. The van der Waals surface area contributed by atoms with Gasteiger partial charge in [-0.15, -0.1) is 0 Å². The number of hydrogen-bond donors (Lipinski definition) is 0. The summed E-state index contributed by atoms with van der Waals surface area (Å²) in [4.78, 5) is 26.1. The topological polar surface area (TPSA) is 64.4 Å². The van der Waals surface area contributed by atoms with Crippen LogP contribution in [0.1, 0.15) is 40.0 Å². The smallest absolute Gasteiger partial charge is 0.343 e. The molecule has 1 aromatic carbocycles. The monoisotopic (exact) mass is 375 g/mol. The van der Waals surface area contributed by atoms with E-state index in [0.29, 0.717) is 12.2 Å². The van der Waals surface area contributed by atoms with Crippen molar-refractivity contribution in [2.75, 3.05) is 19.7 Å². The molecule has 0 N–H and O–H groups in total. The molecule has 1 aliphatic rings. The number of rotatable bonds is 5. The molecule has 1 amide bonds. The van der Waals surface area contributed by atoms with Crippen molar-refractivity contribution in [3.05, 3.63) is 51.8 Å². The van der Waals surface area contributed by atoms with E-state index in [9.17, 15) is 9.59 Å². The lowest BCUT2D eigenvalue weighted by Gasteiger charge is -2.14. The molecule has 2 aromatic rings. The molecule has 0 atom stereocenters. The second-order valence-corrected chi connectivity index (χ2v) is 6.92. The number of carbonyl (C=O) groups excluding carboxylic acids is 2. The number of amides is 1. The minimum Gasteiger partial charge on any atom is -0.452 e. The lowest BCUT2D eigenvalue weighted by Crippen LogP contribution is -2.32. The summed E-state index contributed by atoms with van der Waals surface area (Å²) in [6.45, 7) is 5.37. The van der Waals surface area contributed by atoms with E-state index in [0.717, 1.165) is 31.5 Å². The van der Waals surface area contributed by atoms with Gasteiger partial charge in [0.1, 0.15) is 10.7 Å². The zero-order chi connectivity index (χ0) is 18.7. The fourth-order valence-corrected chi connectivity index (χ4v) is 3.33.